The van der Waals surface area contributed by atoms with Gasteiger partial charge in [-0.1, -0.05) is 30.3 Å². The molecule has 3 atom stereocenters. The van der Waals surface area contributed by atoms with Crippen LogP contribution < -0.4 is 0 Å². The highest BCUT2D eigenvalue weighted by molar-refractivity contribution is 5.83. The van der Waals surface area contributed by atoms with Crippen LogP contribution in [-0.2, 0) is 9.53 Å². The number of likely N-dealkylation sites (N-methyl/N-ethyl adjacent to an activating group) is 1. The molecule has 2 heterocycles. The minimum Gasteiger partial charge on any atom is -0.367 e. The first-order chi connectivity index (χ1) is 10.7. The smallest absolute Gasteiger partial charge is 0.256 e. The van der Waals surface area contributed by atoms with Crippen molar-refractivity contribution in [3.8, 4) is 0 Å². The fourth-order valence-corrected chi connectivity index (χ4v) is 4.05. The summed E-state index contributed by atoms with van der Waals surface area (Å²) < 4.78 is 5.54. The second-order valence-electron chi connectivity index (χ2n) is 6.46. The molecule has 0 saturated carbocycles. The Labute approximate surface area is 133 Å². The molecule has 4 nitrogen and oxygen atoms in total. The van der Waals surface area contributed by atoms with Gasteiger partial charge in [0.15, 0.2) is 6.10 Å². The van der Waals surface area contributed by atoms with E-state index in [1.807, 2.05) is 30.3 Å². The van der Waals surface area contributed by atoms with E-state index >= 15 is 0 Å². The van der Waals surface area contributed by atoms with Gasteiger partial charge >= 0.3 is 0 Å². The highest BCUT2D eigenvalue weighted by Gasteiger charge is 2.40. The summed E-state index contributed by atoms with van der Waals surface area (Å²) in [5.41, 5.74) is 0.945. The molecule has 22 heavy (non-hydrogen) atoms. The molecule has 1 amide bonds. The maximum atomic E-state index is 13.0. The Kier molecular flexibility index (Phi) is 4.79. The van der Waals surface area contributed by atoms with E-state index in [1.165, 1.54) is 12.8 Å². The zero-order valence-electron chi connectivity index (χ0n) is 13.6. The molecule has 120 valence electrons. The maximum Gasteiger partial charge on any atom is 0.256 e. The van der Waals surface area contributed by atoms with E-state index in [2.05, 4.69) is 16.8 Å². The molecule has 0 N–H and O–H groups in total. The molecule has 2 saturated heterocycles. The molecule has 2 fully saturated rings. The topological polar surface area (TPSA) is 32.8 Å². The fraction of sp³-hybridized carbons (Fsp3) is 0.611. The molecule has 3 rings (SSSR count). The Balaban J connectivity index is 1.77. The van der Waals surface area contributed by atoms with Gasteiger partial charge < -0.3 is 14.5 Å². The Hall–Kier alpha value is -1.39. The van der Waals surface area contributed by atoms with E-state index in [0.29, 0.717) is 12.1 Å². The number of likely N-dealkylation sites (tertiary alicyclic amines) is 2. The van der Waals surface area contributed by atoms with Crippen molar-refractivity contribution in [2.45, 2.75) is 43.9 Å². The summed E-state index contributed by atoms with van der Waals surface area (Å²) in [6.45, 7) is 2.01. The molecule has 2 aliphatic heterocycles. The molecule has 1 aromatic carbocycles. The second kappa shape index (κ2) is 6.80. The van der Waals surface area contributed by atoms with Gasteiger partial charge in [0.2, 0.25) is 0 Å². The van der Waals surface area contributed by atoms with Gasteiger partial charge in [-0.25, -0.2) is 0 Å². The molecule has 0 aromatic heterocycles. The summed E-state index contributed by atoms with van der Waals surface area (Å²) >= 11 is 0. The molecular weight excluding hydrogens is 276 g/mol. The Bertz CT molecular complexity index is 505. The van der Waals surface area contributed by atoms with E-state index in [0.717, 1.165) is 31.5 Å². The molecule has 0 aliphatic carbocycles. The fourth-order valence-electron chi connectivity index (χ4n) is 4.05. The highest BCUT2D eigenvalue weighted by Crippen LogP contribution is 2.31. The summed E-state index contributed by atoms with van der Waals surface area (Å²) in [5, 5.41) is 0. The summed E-state index contributed by atoms with van der Waals surface area (Å²) in [6, 6.07) is 10.7. The van der Waals surface area contributed by atoms with E-state index in [4.69, 9.17) is 4.74 Å². The molecule has 0 radical (unpaired) electrons. The van der Waals surface area contributed by atoms with E-state index < -0.39 is 6.10 Å². The van der Waals surface area contributed by atoms with Crippen LogP contribution in [0.25, 0.3) is 0 Å². The van der Waals surface area contributed by atoms with Crippen molar-refractivity contribution < 1.29 is 9.53 Å². The number of carbonyl (C=O) groups is 1. The third kappa shape index (κ3) is 2.90. The monoisotopic (exact) mass is 302 g/mol. The standard InChI is InChI=1S/C18H26N2O2/c1-19-12-6-10-15(19)16-11-7-13-20(16)18(21)17(22-2)14-8-4-3-5-9-14/h3-5,8-9,15-17H,6-7,10-13H2,1-2H3/t15-,16+,17-/m0/s1. The van der Waals surface area contributed by atoms with Crippen LogP contribution in [0.15, 0.2) is 30.3 Å². The van der Waals surface area contributed by atoms with Crippen molar-refractivity contribution in [2.75, 3.05) is 27.2 Å². The minimum atomic E-state index is -0.478. The number of carbonyl (C=O) groups excluding carboxylic acids is 1. The van der Waals surface area contributed by atoms with Crippen molar-refractivity contribution in [3.63, 3.8) is 0 Å². The van der Waals surface area contributed by atoms with Crippen LogP contribution in [0.3, 0.4) is 0 Å². The van der Waals surface area contributed by atoms with Gasteiger partial charge in [0.1, 0.15) is 0 Å². The summed E-state index contributed by atoms with van der Waals surface area (Å²) in [7, 11) is 3.81. The van der Waals surface area contributed by atoms with Gasteiger partial charge in [-0.15, -0.1) is 0 Å². The average Bonchev–Trinajstić information content (AvgIpc) is 3.17. The van der Waals surface area contributed by atoms with Gasteiger partial charge in [0.25, 0.3) is 5.91 Å². The molecular formula is C18H26N2O2. The van der Waals surface area contributed by atoms with E-state index in [9.17, 15) is 4.79 Å². The van der Waals surface area contributed by atoms with Gasteiger partial charge in [0.05, 0.1) is 0 Å². The Morgan fingerprint density at radius 3 is 2.45 bits per heavy atom. The predicted octanol–water partition coefficient (Wildman–Crippen LogP) is 2.46. The quantitative estimate of drug-likeness (QED) is 0.856. The number of hydrogen-bond acceptors (Lipinski definition) is 3. The largest absolute Gasteiger partial charge is 0.367 e. The number of hydrogen-bond donors (Lipinski definition) is 0. The van der Waals surface area contributed by atoms with Gasteiger partial charge in [-0.3, -0.25) is 4.79 Å². The Morgan fingerprint density at radius 2 is 1.82 bits per heavy atom. The number of benzene rings is 1. The third-order valence-electron chi connectivity index (χ3n) is 5.17. The molecule has 4 heteroatoms. The normalized spacial score (nSPS) is 27.3. The molecule has 0 unspecified atom stereocenters. The van der Waals surface area contributed by atoms with Crippen molar-refractivity contribution in [2.24, 2.45) is 0 Å². The maximum absolute atomic E-state index is 13.0. The van der Waals surface area contributed by atoms with Crippen LogP contribution in [0.4, 0.5) is 0 Å². The average molecular weight is 302 g/mol. The second-order valence-corrected chi connectivity index (χ2v) is 6.46. The lowest BCUT2D eigenvalue weighted by atomic mass is 10.0. The van der Waals surface area contributed by atoms with Crippen molar-refractivity contribution in [1.82, 2.24) is 9.80 Å². The first-order valence-corrected chi connectivity index (χ1v) is 8.31. The van der Waals surface area contributed by atoms with Crippen LogP contribution in [0.1, 0.15) is 37.4 Å². The number of amides is 1. The summed E-state index contributed by atoms with van der Waals surface area (Å²) in [6.07, 6.45) is 4.19. The van der Waals surface area contributed by atoms with Gasteiger partial charge in [-0.05, 0) is 44.8 Å². The van der Waals surface area contributed by atoms with Crippen LogP contribution in [0.2, 0.25) is 0 Å². The van der Waals surface area contributed by atoms with Crippen LogP contribution in [-0.4, -0.2) is 55.0 Å². The summed E-state index contributed by atoms with van der Waals surface area (Å²) in [4.78, 5) is 17.5. The number of methoxy groups -OCH3 is 1. The van der Waals surface area contributed by atoms with Crippen molar-refractivity contribution >= 4 is 5.91 Å². The first-order valence-electron chi connectivity index (χ1n) is 8.31. The molecule has 0 bridgehead atoms. The molecule has 2 aliphatic rings. The lowest BCUT2D eigenvalue weighted by Crippen LogP contribution is -2.48. The van der Waals surface area contributed by atoms with Gasteiger partial charge in [-0.2, -0.15) is 0 Å². The van der Waals surface area contributed by atoms with Crippen LogP contribution >= 0.6 is 0 Å². The lowest BCUT2D eigenvalue weighted by Gasteiger charge is -2.35. The van der Waals surface area contributed by atoms with Gasteiger partial charge in [0, 0.05) is 25.7 Å². The van der Waals surface area contributed by atoms with E-state index in [1.54, 1.807) is 7.11 Å². The van der Waals surface area contributed by atoms with Crippen molar-refractivity contribution in [3.05, 3.63) is 35.9 Å². The molecule has 0 spiro atoms. The highest BCUT2D eigenvalue weighted by atomic mass is 16.5. The lowest BCUT2D eigenvalue weighted by molar-refractivity contribution is -0.144. The third-order valence-corrected chi connectivity index (χ3v) is 5.17. The van der Waals surface area contributed by atoms with Crippen LogP contribution in [0, 0.1) is 0 Å². The molecule has 1 aromatic rings. The Morgan fingerprint density at radius 1 is 1.14 bits per heavy atom. The minimum absolute atomic E-state index is 0.122. The van der Waals surface area contributed by atoms with Crippen LogP contribution in [0.5, 0.6) is 0 Å². The zero-order valence-corrected chi connectivity index (χ0v) is 13.6. The zero-order chi connectivity index (χ0) is 15.5. The van der Waals surface area contributed by atoms with E-state index in [-0.39, 0.29) is 5.91 Å². The first kappa shape index (κ1) is 15.5. The summed E-state index contributed by atoms with van der Waals surface area (Å²) in [5.74, 6) is 0.122. The predicted molar refractivity (Wildman–Crippen MR) is 86.6 cm³/mol. The SMILES string of the molecule is CO[C@H](C(=O)N1CCC[C@@H]1[C@@H]1CCCN1C)c1ccccc1. The van der Waals surface area contributed by atoms with Crippen molar-refractivity contribution in [1.29, 1.82) is 0 Å². The number of rotatable bonds is 4. The number of nitrogens with zero attached hydrogens (tertiary/aromatic N) is 2. The number of ether oxygens (including phenoxy) is 1.